The first-order valence-electron chi connectivity index (χ1n) is 6.67. The standard InChI is InChI=1S/C15H17N3O2/c1-2-4-15(19)18-8-3-5-13(11-18)20-14-9-12(10-16)6-7-17-14/h2,4,6-7,9,13H,3,5,8,11H2,1H3. The normalized spacial score (nSPS) is 18.8. The van der Waals surface area contributed by atoms with Gasteiger partial charge in [-0.3, -0.25) is 4.79 Å². The number of pyridine rings is 1. The molecule has 2 rings (SSSR count). The minimum atomic E-state index is -0.0700. The van der Waals surface area contributed by atoms with E-state index in [9.17, 15) is 4.79 Å². The van der Waals surface area contributed by atoms with E-state index in [1.165, 1.54) is 0 Å². The van der Waals surface area contributed by atoms with Gasteiger partial charge in [-0.2, -0.15) is 5.26 Å². The summed E-state index contributed by atoms with van der Waals surface area (Å²) in [4.78, 5) is 17.7. The van der Waals surface area contributed by atoms with Gasteiger partial charge in [0.25, 0.3) is 0 Å². The lowest BCUT2D eigenvalue weighted by Crippen LogP contribution is -2.43. The van der Waals surface area contributed by atoms with E-state index in [2.05, 4.69) is 11.1 Å². The summed E-state index contributed by atoms with van der Waals surface area (Å²) < 4.78 is 5.78. The molecule has 0 aromatic carbocycles. The molecule has 0 N–H and O–H groups in total. The third-order valence-corrected chi connectivity index (χ3v) is 3.15. The van der Waals surface area contributed by atoms with Crippen molar-refractivity contribution < 1.29 is 9.53 Å². The zero-order chi connectivity index (χ0) is 14.4. The van der Waals surface area contributed by atoms with Gasteiger partial charge in [0, 0.05) is 18.8 Å². The van der Waals surface area contributed by atoms with Crippen LogP contribution in [0.3, 0.4) is 0 Å². The number of carbonyl (C=O) groups excluding carboxylic acids is 1. The van der Waals surface area contributed by atoms with Crippen LogP contribution >= 0.6 is 0 Å². The number of carbonyl (C=O) groups is 1. The minimum absolute atomic E-state index is 0.0135. The molecule has 1 fully saturated rings. The molecule has 1 aromatic heterocycles. The molecule has 0 spiro atoms. The second-order valence-electron chi connectivity index (χ2n) is 4.66. The average Bonchev–Trinajstić information content (AvgIpc) is 2.48. The van der Waals surface area contributed by atoms with E-state index in [4.69, 9.17) is 10.00 Å². The molecular formula is C15H17N3O2. The van der Waals surface area contributed by atoms with Gasteiger partial charge >= 0.3 is 0 Å². The van der Waals surface area contributed by atoms with Crippen molar-refractivity contribution in [3.63, 3.8) is 0 Å². The number of allylic oxidation sites excluding steroid dienone is 1. The van der Waals surface area contributed by atoms with E-state index in [0.29, 0.717) is 18.0 Å². The van der Waals surface area contributed by atoms with Gasteiger partial charge in [-0.05, 0) is 31.9 Å². The van der Waals surface area contributed by atoms with Crippen molar-refractivity contribution in [2.24, 2.45) is 0 Å². The Bertz CT molecular complexity index is 548. The lowest BCUT2D eigenvalue weighted by Gasteiger charge is -2.32. The number of amides is 1. The molecule has 1 aliphatic rings. The maximum atomic E-state index is 11.8. The summed E-state index contributed by atoms with van der Waals surface area (Å²) in [5.74, 6) is 0.453. The van der Waals surface area contributed by atoms with Crippen LogP contribution in [0, 0.1) is 11.3 Å². The number of piperidine rings is 1. The summed E-state index contributed by atoms with van der Waals surface area (Å²) >= 11 is 0. The highest BCUT2D eigenvalue weighted by molar-refractivity contribution is 5.87. The highest BCUT2D eigenvalue weighted by Gasteiger charge is 2.23. The zero-order valence-electron chi connectivity index (χ0n) is 11.5. The van der Waals surface area contributed by atoms with E-state index in [0.717, 1.165) is 19.4 Å². The topological polar surface area (TPSA) is 66.2 Å². The smallest absolute Gasteiger partial charge is 0.246 e. The number of aromatic nitrogens is 1. The fourth-order valence-electron chi connectivity index (χ4n) is 2.20. The van der Waals surface area contributed by atoms with Gasteiger partial charge in [-0.1, -0.05) is 6.08 Å². The summed E-state index contributed by atoms with van der Waals surface area (Å²) in [6, 6.07) is 5.31. The van der Waals surface area contributed by atoms with Gasteiger partial charge < -0.3 is 9.64 Å². The molecule has 104 valence electrons. The van der Waals surface area contributed by atoms with Crippen molar-refractivity contribution in [1.82, 2.24) is 9.88 Å². The molecule has 0 saturated carbocycles. The van der Waals surface area contributed by atoms with E-state index >= 15 is 0 Å². The predicted molar refractivity (Wildman–Crippen MR) is 74.0 cm³/mol. The number of nitriles is 1. The molecular weight excluding hydrogens is 254 g/mol. The first kappa shape index (κ1) is 14.1. The highest BCUT2D eigenvalue weighted by Crippen LogP contribution is 2.17. The van der Waals surface area contributed by atoms with Gasteiger partial charge in [-0.25, -0.2) is 4.98 Å². The van der Waals surface area contributed by atoms with Crippen LogP contribution in [0.15, 0.2) is 30.5 Å². The Morgan fingerprint density at radius 3 is 3.25 bits per heavy atom. The molecule has 0 aliphatic carbocycles. The van der Waals surface area contributed by atoms with Gasteiger partial charge in [0.15, 0.2) is 0 Å². The summed E-state index contributed by atoms with van der Waals surface area (Å²) in [6.45, 7) is 3.14. The first-order valence-corrected chi connectivity index (χ1v) is 6.67. The molecule has 2 heterocycles. The van der Waals surface area contributed by atoms with Gasteiger partial charge in [-0.15, -0.1) is 0 Å². The summed E-state index contributed by atoms with van der Waals surface area (Å²) in [5, 5.41) is 8.85. The van der Waals surface area contributed by atoms with Crippen LogP contribution in [-0.4, -0.2) is 35.0 Å². The molecule has 1 aromatic rings. The van der Waals surface area contributed by atoms with Crippen LogP contribution in [0.2, 0.25) is 0 Å². The van der Waals surface area contributed by atoms with Crippen LogP contribution in [0.5, 0.6) is 5.88 Å². The lowest BCUT2D eigenvalue weighted by molar-refractivity contribution is -0.128. The number of hydrogen-bond donors (Lipinski definition) is 0. The molecule has 5 heteroatoms. The highest BCUT2D eigenvalue weighted by atomic mass is 16.5. The number of likely N-dealkylation sites (tertiary alicyclic amines) is 1. The summed E-state index contributed by atoms with van der Waals surface area (Å²) in [5.41, 5.74) is 0.521. The second-order valence-corrected chi connectivity index (χ2v) is 4.66. The van der Waals surface area contributed by atoms with Crippen LogP contribution in [-0.2, 0) is 4.79 Å². The Morgan fingerprint density at radius 1 is 1.65 bits per heavy atom. The summed E-state index contributed by atoms with van der Waals surface area (Å²) in [7, 11) is 0. The van der Waals surface area contributed by atoms with Gasteiger partial charge in [0.05, 0.1) is 18.2 Å². The van der Waals surface area contributed by atoms with Crippen molar-refractivity contribution in [1.29, 1.82) is 5.26 Å². The van der Waals surface area contributed by atoms with Crippen LogP contribution in [0.25, 0.3) is 0 Å². The molecule has 1 amide bonds. The molecule has 1 aliphatic heterocycles. The lowest BCUT2D eigenvalue weighted by atomic mass is 10.1. The number of hydrogen-bond acceptors (Lipinski definition) is 4. The predicted octanol–water partition coefficient (Wildman–Crippen LogP) is 1.90. The molecule has 1 saturated heterocycles. The molecule has 5 nitrogen and oxygen atoms in total. The quantitative estimate of drug-likeness (QED) is 0.787. The van der Waals surface area contributed by atoms with Crippen molar-refractivity contribution in [2.45, 2.75) is 25.9 Å². The third kappa shape index (κ3) is 3.58. The number of rotatable bonds is 3. The Morgan fingerprint density at radius 2 is 2.50 bits per heavy atom. The van der Waals surface area contributed by atoms with Crippen LogP contribution in [0.4, 0.5) is 0 Å². The fraction of sp³-hybridized carbons (Fsp3) is 0.400. The van der Waals surface area contributed by atoms with E-state index < -0.39 is 0 Å². The zero-order valence-corrected chi connectivity index (χ0v) is 11.5. The van der Waals surface area contributed by atoms with Gasteiger partial charge in [0.1, 0.15) is 6.10 Å². The number of ether oxygens (including phenoxy) is 1. The molecule has 20 heavy (non-hydrogen) atoms. The van der Waals surface area contributed by atoms with Crippen LogP contribution < -0.4 is 4.74 Å². The average molecular weight is 271 g/mol. The molecule has 1 unspecified atom stereocenters. The van der Waals surface area contributed by atoms with E-state index in [1.54, 1.807) is 35.4 Å². The first-order chi connectivity index (χ1) is 9.72. The molecule has 0 radical (unpaired) electrons. The largest absolute Gasteiger partial charge is 0.472 e. The number of nitrogens with zero attached hydrogens (tertiary/aromatic N) is 3. The molecule has 0 bridgehead atoms. The Balaban J connectivity index is 1.99. The monoisotopic (exact) mass is 271 g/mol. The van der Waals surface area contributed by atoms with Crippen LogP contribution in [0.1, 0.15) is 25.3 Å². The maximum absolute atomic E-state index is 11.8. The fourth-order valence-corrected chi connectivity index (χ4v) is 2.20. The Kier molecular flexibility index (Phi) is 4.72. The second kappa shape index (κ2) is 6.71. The maximum Gasteiger partial charge on any atom is 0.246 e. The van der Waals surface area contributed by atoms with Crippen molar-refractivity contribution in [3.05, 3.63) is 36.0 Å². The minimum Gasteiger partial charge on any atom is -0.472 e. The third-order valence-electron chi connectivity index (χ3n) is 3.15. The van der Waals surface area contributed by atoms with Crippen molar-refractivity contribution >= 4 is 5.91 Å². The van der Waals surface area contributed by atoms with Gasteiger partial charge in [0.2, 0.25) is 11.8 Å². The Hall–Kier alpha value is -2.35. The Labute approximate surface area is 118 Å². The molecule has 1 atom stereocenters. The summed E-state index contributed by atoms with van der Waals surface area (Å²) in [6.07, 6.45) is 6.59. The van der Waals surface area contributed by atoms with Crippen molar-refractivity contribution in [3.8, 4) is 11.9 Å². The van der Waals surface area contributed by atoms with E-state index in [-0.39, 0.29) is 12.0 Å². The van der Waals surface area contributed by atoms with E-state index in [1.807, 2.05) is 6.92 Å². The SMILES string of the molecule is CC=CC(=O)N1CCCC(Oc2cc(C#N)ccn2)C1. The van der Waals surface area contributed by atoms with Crippen molar-refractivity contribution in [2.75, 3.05) is 13.1 Å².